The first-order chi connectivity index (χ1) is 12.7. The van der Waals surface area contributed by atoms with Crippen LogP contribution < -0.4 is 19.4 Å². The summed E-state index contributed by atoms with van der Waals surface area (Å²) in [5.41, 5.74) is 2.10. The maximum atomic E-state index is 12.6. The number of hydrogen-bond donors (Lipinski definition) is 1. The van der Waals surface area contributed by atoms with Gasteiger partial charge in [-0.3, -0.25) is 4.79 Å². The Labute approximate surface area is 155 Å². The van der Waals surface area contributed by atoms with Gasteiger partial charge in [0.25, 0.3) is 5.91 Å². The number of quaternary nitrogens is 1. The predicted molar refractivity (Wildman–Crippen MR) is 105 cm³/mol. The third-order valence-electron chi connectivity index (χ3n) is 4.90. The van der Waals surface area contributed by atoms with E-state index in [4.69, 9.17) is 4.74 Å². The number of rotatable bonds is 6. The highest BCUT2D eigenvalue weighted by atomic mass is 16.5. The number of amides is 1. The van der Waals surface area contributed by atoms with E-state index in [-0.39, 0.29) is 5.91 Å². The molecule has 1 heterocycles. The molecule has 2 aromatic rings. The van der Waals surface area contributed by atoms with Gasteiger partial charge in [-0.2, -0.15) is 0 Å². The minimum Gasteiger partial charge on any atom is -0.492 e. The highest BCUT2D eigenvalue weighted by molar-refractivity contribution is 5.93. The molecule has 1 saturated heterocycles. The number of nitrogens with zero attached hydrogens (tertiary/aromatic N) is 2. The number of carbonyl (C=O) groups excluding carboxylic acids is 1. The van der Waals surface area contributed by atoms with E-state index in [0.29, 0.717) is 13.2 Å². The monoisotopic (exact) mass is 354 g/mol. The quantitative estimate of drug-likeness (QED) is 0.853. The van der Waals surface area contributed by atoms with Gasteiger partial charge in [-0.25, -0.2) is 0 Å². The second-order valence-electron chi connectivity index (χ2n) is 6.60. The molecular weight excluding hydrogens is 326 g/mol. The Morgan fingerprint density at radius 1 is 1.08 bits per heavy atom. The summed E-state index contributed by atoms with van der Waals surface area (Å²) >= 11 is 0. The lowest BCUT2D eigenvalue weighted by molar-refractivity contribution is -0.892. The molecule has 1 N–H and O–H groups in total. The minimum atomic E-state index is 0.161. The predicted octanol–water partition coefficient (Wildman–Crippen LogP) is 1.45. The largest absolute Gasteiger partial charge is 0.492 e. The average molecular weight is 354 g/mol. The van der Waals surface area contributed by atoms with Crippen molar-refractivity contribution in [2.75, 3.05) is 56.2 Å². The molecule has 0 aliphatic carbocycles. The van der Waals surface area contributed by atoms with Crippen LogP contribution in [0.1, 0.15) is 6.92 Å². The molecule has 1 amide bonds. The average Bonchev–Trinajstić information content (AvgIpc) is 2.69. The number of hydrogen-bond acceptors (Lipinski definition) is 3. The van der Waals surface area contributed by atoms with Gasteiger partial charge < -0.3 is 19.4 Å². The van der Waals surface area contributed by atoms with Crippen LogP contribution in [-0.2, 0) is 4.79 Å². The van der Waals surface area contributed by atoms with Crippen molar-refractivity contribution in [2.45, 2.75) is 6.92 Å². The lowest BCUT2D eigenvalue weighted by Gasteiger charge is -2.34. The number of likely N-dealkylation sites (N-methyl/N-ethyl adjacent to an activating group) is 1. The first-order valence-electron chi connectivity index (χ1n) is 9.31. The highest BCUT2D eigenvalue weighted by Gasteiger charge is 2.25. The molecule has 1 fully saturated rings. The van der Waals surface area contributed by atoms with Gasteiger partial charge in [0.05, 0.1) is 38.5 Å². The van der Waals surface area contributed by atoms with Crippen LogP contribution in [0, 0.1) is 0 Å². The van der Waals surface area contributed by atoms with E-state index >= 15 is 0 Å². The van der Waals surface area contributed by atoms with Crippen LogP contribution in [0.25, 0.3) is 0 Å². The van der Waals surface area contributed by atoms with Crippen LogP contribution in [0.5, 0.6) is 5.75 Å². The molecule has 5 nitrogen and oxygen atoms in total. The fourth-order valence-corrected chi connectivity index (χ4v) is 3.36. The van der Waals surface area contributed by atoms with Crippen LogP contribution >= 0.6 is 0 Å². The minimum absolute atomic E-state index is 0.161. The molecule has 0 spiro atoms. The van der Waals surface area contributed by atoms with E-state index in [2.05, 4.69) is 17.0 Å². The maximum absolute atomic E-state index is 12.6. The zero-order valence-corrected chi connectivity index (χ0v) is 15.6. The summed E-state index contributed by atoms with van der Waals surface area (Å²) in [6.45, 7) is 6.98. The number of ether oxygens (including phenoxy) is 1. The molecule has 0 atom stereocenters. The molecule has 1 aliphatic rings. The highest BCUT2D eigenvalue weighted by Crippen LogP contribution is 2.27. The Balaban J connectivity index is 1.55. The molecular formula is C21H28N3O2+. The van der Waals surface area contributed by atoms with Crippen LogP contribution in [0.2, 0.25) is 0 Å². The van der Waals surface area contributed by atoms with E-state index in [1.165, 1.54) is 4.90 Å². The summed E-state index contributed by atoms with van der Waals surface area (Å²) in [6.07, 6.45) is 0. The van der Waals surface area contributed by atoms with Crippen molar-refractivity contribution in [3.8, 4) is 5.75 Å². The standard InChI is InChI=1S/C21H27N3O2/c1-3-26-20-12-8-7-11-19(20)24-15-13-23(14-16-24)17-21(25)22(2)18-9-5-4-6-10-18/h4-12H,3,13-17H2,1-2H3/p+1. The number of para-hydroxylation sites is 3. The summed E-state index contributed by atoms with van der Waals surface area (Å²) in [4.78, 5) is 18.0. The van der Waals surface area contributed by atoms with Gasteiger partial charge in [-0.15, -0.1) is 0 Å². The lowest BCUT2D eigenvalue weighted by atomic mass is 10.2. The molecule has 138 valence electrons. The van der Waals surface area contributed by atoms with Crippen molar-refractivity contribution in [1.29, 1.82) is 0 Å². The number of benzene rings is 2. The second-order valence-corrected chi connectivity index (χ2v) is 6.60. The summed E-state index contributed by atoms with van der Waals surface area (Å²) in [5.74, 6) is 1.10. The Morgan fingerprint density at radius 3 is 2.42 bits per heavy atom. The first-order valence-corrected chi connectivity index (χ1v) is 9.31. The fourth-order valence-electron chi connectivity index (χ4n) is 3.36. The summed E-state index contributed by atoms with van der Waals surface area (Å²) in [6, 6.07) is 18.0. The topological polar surface area (TPSA) is 37.2 Å². The Bertz CT molecular complexity index is 712. The van der Waals surface area contributed by atoms with Crippen molar-refractivity contribution in [1.82, 2.24) is 0 Å². The van der Waals surface area contributed by atoms with Crippen molar-refractivity contribution in [3.05, 3.63) is 54.6 Å². The second kappa shape index (κ2) is 8.72. The zero-order valence-electron chi connectivity index (χ0n) is 15.6. The van der Waals surface area contributed by atoms with Crippen LogP contribution in [0.15, 0.2) is 54.6 Å². The third-order valence-corrected chi connectivity index (χ3v) is 4.90. The molecule has 26 heavy (non-hydrogen) atoms. The maximum Gasteiger partial charge on any atom is 0.281 e. The van der Waals surface area contributed by atoms with E-state index < -0.39 is 0 Å². The van der Waals surface area contributed by atoms with Gasteiger partial charge >= 0.3 is 0 Å². The van der Waals surface area contributed by atoms with Crippen LogP contribution in [-0.4, -0.2) is 52.3 Å². The Morgan fingerprint density at radius 2 is 1.73 bits per heavy atom. The summed E-state index contributed by atoms with van der Waals surface area (Å²) < 4.78 is 5.75. The number of anilines is 2. The van der Waals surface area contributed by atoms with E-state index in [9.17, 15) is 4.79 Å². The Kier molecular flexibility index (Phi) is 6.12. The van der Waals surface area contributed by atoms with Gasteiger partial charge in [-0.05, 0) is 31.2 Å². The van der Waals surface area contributed by atoms with Crippen molar-refractivity contribution >= 4 is 17.3 Å². The van der Waals surface area contributed by atoms with Gasteiger partial charge in [0.1, 0.15) is 5.75 Å². The van der Waals surface area contributed by atoms with Gasteiger partial charge in [-0.1, -0.05) is 30.3 Å². The third kappa shape index (κ3) is 4.35. The normalized spacial score (nSPS) is 14.9. The molecule has 3 rings (SSSR count). The Hall–Kier alpha value is -2.53. The molecule has 0 radical (unpaired) electrons. The molecule has 1 aliphatic heterocycles. The van der Waals surface area contributed by atoms with Crippen LogP contribution in [0.3, 0.4) is 0 Å². The van der Waals surface area contributed by atoms with Crippen molar-refractivity contribution in [3.63, 3.8) is 0 Å². The molecule has 5 heteroatoms. The number of piperazine rings is 1. The smallest absolute Gasteiger partial charge is 0.281 e. The summed E-state index contributed by atoms with van der Waals surface area (Å²) in [5, 5.41) is 0. The van der Waals surface area contributed by atoms with Gasteiger partial charge in [0.2, 0.25) is 0 Å². The fraction of sp³-hybridized carbons (Fsp3) is 0.381. The van der Waals surface area contributed by atoms with E-state index in [1.54, 1.807) is 4.90 Å². The van der Waals surface area contributed by atoms with Crippen LogP contribution in [0.4, 0.5) is 11.4 Å². The van der Waals surface area contributed by atoms with Gasteiger partial charge in [0, 0.05) is 12.7 Å². The number of nitrogens with one attached hydrogen (secondary N) is 1. The molecule has 2 aromatic carbocycles. The zero-order chi connectivity index (χ0) is 18.4. The van der Waals surface area contributed by atoms with Crippen molar-refractivity contribution in [2.24, 2.45) is 0 Å². The molecule has 0 bridgehead atoms. The number of carbonyl (C=O) groups is 1. The lowest BCUT2D eigenvalue weighted by Crippen LogP contribution is -3.16. The van der Waals surface area contributed by atoms with Gasteiger partial charge in [0.15, 0.2) is 6.54 Å². The van der Waals surface area contributed by atoms with Crippen molar-refractivity contribution < 1.29 is 14.4 Å². The molecule has 0 aromatic heterocycles. The SMILES string of the molecule is CCOc1ccccc1N1CC[NH+](CC(=O)N(C)c2ccccc2)CC1. The first kappa shape index (κ1) is 18.3. The van der Waals surface area contributed by atoms with E-state index in [1.807, 2.05) is 56.4 Å². The molecule has 0 unspecified atom stereocenters. The van der Waals surface area contributed by atoms with E-state index in [0.717, 1.165) is 43.3 Å². The summed E-state index contributed by atoms with van der Waals surface area (Å²) in [7, 11) is 1.85. The molecule has 0 saturated carbocycles.